The van der Waals surface area contributed by atoms with Gasteiger partial charge in [-0.05, 0) is 51.5 Å². The Bertz CT molecular complexity index is 233. The third kappa shape index (κ3) is 3.56. The van der Waals surface area contributed by atoms with E-state index in [-0.39, 0.29) is 0 Å². The van der Waals surface area contributed by atoms with Crippen molar-refractivity contribution < 1.29 is 0 Å². The molecule has 1 saturated heterocycles. The highest BCUT2D eigenvalue weighted by Gasteiger charge is 2.34. The van der Waals surface area contributed by atoms with Gasteiger partial charge in [0.05, 0.1) is 0 Å². The van der Waals surface area contributed by atoms with Crippen LogP contribution in [0.2, 0.25) is 0 Å². The van der Waals surface area contributed by atoms with Crippen LogP contribution in [0.5, 0.6) is 0 Å². The van der Waals surface area contributed by atoms with Crippen molar-refractivity contribution in [2.45, 2.75) is 70.0 Å². The molecule has 2 rings (SSSR count). The van der Waals surface area contributed by atoms with E-state index in [1.165, 1.54) is 45.1 Å². The molecule has 0 bridgehead atoms. The van der Waals surface area contributed by atoms with Gasteiger partial charge in [-0.3, -0.25) is 0 Å². The van der Waals surface area contributed by atoms with Crippen molar-refractivity contribution in [2.75, 3.05) is 6.54 Å². The third-order valence-corrected chi connectivity index (χ3v) is 4.45. The molecule has 2 aliphatic rings. The van der Waals surface area contributed by atoms with Crippen molar-refractivity contribution >= 4 is 0 Å². The fourth-order valence-corrected chi connectivity index (χ4v) is 3.60. The molecule has 0 radical (unpaired) electrons. The summed E-state index contributed by atoms with van der Waals surface area (Å²) in [5, 5.41) is 7.55. The van der Waals surface area contributed by atoms with Crippen molar-refractivity contribution in [3.05, 3.63) is 12.7 Å². The summed E-state index contributed by atoms with van der Waals surface area (Å²) in [6.07, 6.45) is 11.5. The number of nitrogens with one attached hydrogen (secondary N) is 2. The molecule has 2 nitrogen and oxygen atoms in total. The average Bonchev–Trinajstić information content (AvgIpc) is 2.78. The predicted octanol–water partition coefficient (Wildman–Crippen LogP) is 2.85. The molecule has 0 aromatic carbocycles. The number of hydrogen-bond acceptors (Lipinski definition) is 2. The zero-order valence-corrected chi connectivity index (χ0v) is 11.3. The van der Waals surface area contributed by atoms with Gasteiger partial charge in [0, 0.05) is 18.1 Å². The summed E-state index contributed by atoms with van der Waals surface area (Å²) in [6.45, 7) is 7.35. The second kappa shape index (κ2) is 6.55. The average molecular weight is 236 g/mol. The molecule has 1 aliphatic carbocycles. The predicted molar refractivity (Wildman–Crippen MR) is 74.2 cm³/mol. The largest absolute Gasteiger partial charge is 0.314 e. The molecule has 1 aliphatic heterocycles. The first-order chi connectivity index (χ1) is 8.31. The van der Waals surface area contributed by atoms with E-state index in [1.807, 2.05) is 6.08 Å². The van der Waals surface area contributed by atoms with Gasteiger partial charge in [-0.2, -0.15) is 0 Å². The Labute approximate surface area is 106 Å². The summed E-state index contributed by atoms with van der Waals surface area (Å²) in [7, 11) is 0. The molecule has 17 heavy (non-hydrogen) atoms. The quantitative estimate of drug-likeness (QED) is 0.717. The van der Waals surface area contributed by atoms with Crippen LogP contribution in [0.1, 0.15) is 51.9 Å². The SMILES string of the molecule is C=CCC(C)NC1CCCC1C1CCCCN1. The fourth-order valence-electron chi connectivity index (χ4n) is 3.60. The molecular formula is C15H28N2. The summed E-state index contributed by atoms with van der Waals surface area (Å²) < 4.78 is 0. The monoisotopic (exact) mass is 236 g/mol. The van der Waals surface area contributed by atoms with Crippen LogP contribution in [0.25, 0.3) is 0 Å². The van der Waals surface area contributed by atoms with Crippen LogP contribution in [0.15, 0.2) is 12.7 Å². The van der Waals surface area contributed by atoms with Gasteiger partial charge in [0.15, 0.2) is 0 Å². The normalized spacial score (nSPS) is 35.7. The van der Waals surface area contributed by atoms with Gasteiger partial charge in [-0.15, -0.1) is 6.58 Å². The van der Waals surface area contributed by atoms with E-state index < -0.39 is 0 Å². The lowest BCUT2D eigenvalue weighted by Crippen LogP contribution is -2.48. The van der Waals surface area contributed by atoms with Crippen LogP contribution in [0.3, 0.4) is 0 Å². The third-order valence-electron chi connectivity index (χ3n) is 4.45. The van der Waals surface area contributed by atoms with Gasteiger partial charge < -0.3 is 10.6 Å². The molecular weight excluding hydrogens is 208 g/mol. The van der Waals surface area contributed by atoms with Crippen molar-refractivity contribution in [3.63, 3.8) is 0 Å². The van der Waals surface area contributed by atoms with Crippen molar-refractivity contribution in [1.29, 1.82) is 0 Å². The minimum absolute atomic E-state index is 0.585. The standard InChI is InChI=1S/C15H28N2/c1-3-7-12(2)17-15-10-6-8-13(15)14-9-4-5-11-16-14/h3,12-17H,1,4-11H2,2H3. The Morgan fingerprint density at radius 3 is 2.88 bits per heavy atom. The first-order valence-corrected chi connectivity index (χ1v) is 7.41. The van der Waals surface area contributed by atoms with Crippen LogP contribution >= 0.6 is 0 Å². The van der Waals surface area contributed by atoms with Gasteiger partial charge in [0.1, 0.15) is 0 Å². The Kier molecular flexibility index (Phi) is 5.05. The first kappa shape index (κ1) is 13.1. The van der Waals surface area contributed by atoms with Crippen LogP contribution < -0.4 is 10.6 Å². The lowest BCUT2D eigenvalue weighted by atomic mass is 9.88. The van der Waals surface area contributed by atoms with E-state index in [1.54, 1.807) is 0 Å². The van der Waals surface area contributed by atoms with E-state index in [9.17, 15) is 0 Å². The lowest BCUT2D eigenvalue weighted by molar-refractivity contribution is 0.248. The number of piperidine rings is 1. The molecule has 2 fully saturated rings. The molecule has 2 N–H and O–H groups in total. The topological polar surface area (TPSA) is 24.1 Å². The first-order valence-electron chi connectivity index (χ1n) is 7.41. The second-order valence-electron chi connectivity index (χ2n) is 5.85. The zero-order chi connectivity index (χ0) is 12.1. The van der Waals surface area contributed by atoms with Gasteiger partial charge in [-0.1, -0.05) is 18.9 Å². The van der Waals surface area contributed by atoms with Crippen molar-refractivity contribution in [2.24, 2.45) is 5.92 Å². The molecule has 4 atom stereocenters. The highest BCUT2D eigenvalue weighted by Crippen LogP contribution is 2.32. The second-order valence-corrected chi connectivity index (χ2v) is 5.85. The smallest absolute Gasteiger partial charge is 0.0113 e. The summed E-state index contributed by atoms with van der Waals surface area (Å²) in [4.78, 5) is 0. The molecule has 0 amide bonds. The van der Waals surface area contributed by atoms with Crippen molar-refractivity contribution in [3.8, 4) is 0 Å². The Hall–Kier alpha value is -0.340. The van der Waals surface area contributed by atoms with E-state index in [0.29, 0.717) is 6.04 Å². The molecule has 98 valence electrons. The molecule has 1 saturated carbocycles. The Morgan fingerprint density at radius 2 is 2.18 bits per heavy atom. The van der Waals surface area contributed by atoms with Gasteiger partial charge in [0.2, 0.25) is 0 Å². The fraction of sp³-hybridized carbons (Fsp3) is 0.867. The summed E-state index contributed by atoms with van der Waals surface area (Å²) in [5.74, 6) is 0.863. The van der Waals surface area contributed by atoms with Crippen LogP contribution in [0.4, 0.5) is 0 Å². The molecule has 0 aromatic heterocycles. The summed E-state index contributed by atoms with van der Waals surface area (Å²) >= 11 is 0. The van der Waals surface area contributed by atoms with E-state index in [2.05, 4.69) is 24.1 Å². The summed E-state index contributed by atoms with van der Waals surface area (Å²) in [6, 6.07) is 2.10. The summed E-state index contributed by atoms with van der Waals surface area (Å²) in [5.41, 5.74) is 0. The maximum absolute atomic E-state index is 3.83. The van der Waals surface area contributed by atoms with E-state index >= 15 is 0 Å². The highest BCUT2D eigenvalue weighted by molar-refractivity contribution is 4.93. The zero-order valence-electron chi connectivity index (χ0n) is 11.3. The minimum Gasteiger partial charge on any atom is -0.314 e. The number of hydrogen-bond donors (Lipinski definition) is 2. The van der Waals surface area contributed by atoms with Crippen molar-refractivity contribution in [1.82, 2.24) is 10.6 Å². The molecule has 2 heteroatoms. The molecule has 4 unspecified atom stereocenters. The van der Waals surface area contributed by atoms with Crippen LogP contribution in [-0.4, -0.2) is 24.7 Å². The molecule has 0 spiro atoms. The maximum atomic E-state index is 3.83. The highest BCUT2D eigenvalue weighted by atomic mass is 15.0. The van der Waals surface area contributed by atoms with Gasteiger partial charge in [0.25, 0.3) is 0 Å². The molecule has 0 aromatic rings. The van der Waals surface area contributed by atoms with E-state index in [0.717, 1.165) is 24.4 Å². The Balaban J connectivity index is 1.85. The van der Waals surface area contributed by atoms with Crippen LogP contribution in [-0.2, 0) is 0 Å². The minimum atomic E-state index is 0.585. The van der Waals surface area contributed by atoms with Gasteiger partial charge in [-0.25, -0.2) is 0 Å². The Morgan fingerprint density at radius 1 is 1.29 bits per heavy atom. The van der Waals surface area contributed by atoms with Gasteiger partial charge >= 0.3 is 0 Å². The maximum Gasteiger partial charge on any atom is 0.0113 e. The lowest BCUT2D eigenvalue weighted by Gasteiger charge is -2.34. The number of rotatable bonds is 5. The van der Waals surface area contributed by atoms with E-state index in [4.69, 9.17) is 0 Å². The molecule has 1 heterocycles. The van der Waals surface area contributed by atoms with Crippen LogP contribution in [0, 0.1) is 5.92 Å².